The molecule has 0 aliphatic carbocycles. The highest BCUT2D eigenvalue weighted by Gasteiger charge is 2.44. The first-order valence-electron chi connectivity index (χ1n) is 7.30. The van der Waals surface area contributed by atoms with Crippen LogP contribution in [0.2, 0.25) is 0 Å². The van der Waals surface area contributed by atoms with Crippen molar-refractivity contribution >= 4 is 5.97 Å². The first-order valence-corrected chi connectivity index (χ1v) is 7.30. The average Bonchev–Trinajstić information content (AvgIpc) is 2.80. The molecule has 0 amide bonds. The molecule has 0 spiro atoms. The molecule has 0 radical (unpaired) electrons. The maximum absolute atomic E-state index is 11.9. The Hall–Kier alpha value is -1.69. The summed E-state index contributed by atoms with van der Waals surface area (Å²) in [5.74, 6) is -1.25. The van der Waals surface area contributed by atoms with E-state index in [1.54, 1.807) is 44.2 Å². The van der Waals surface area contributed by atoms with Crippen LogP contribution in [0.3, 0.4) is 0 Å². The van der Waals surface area contributed by atoms with Crippen LogP contribution in [0.1, 0.15) is 30.6 Å². The number of carbonyl (C=O) groups is 1. The van der Waals surface area contributed by atoms with E-state index < -0.39 is 24.0 Å². The van der Waals surface area contributed by atoms with Crippen LogP contribution in [0.5, 0.6) is 0 Å². The van der Waals surface area contributed by atoms with E-state index in [2.05, 4.69) is 6.58 Å². The Balaban J connectivity index is 1.92. The smallest absolute Gasteiger partial charge is 0.338 e. The van der Waals surface area contributed by atoms with Crippen LogP contribution in [0.15, 0.2) is 43.0 Å². The molecule has 5 heteroatoms. The summed E-state index contributed by atoms with van der Waals surface area (Å²) in [5.41, 5.74) is 0.446. The second kappa shape index (κ2) is 7.05. The van der Waals surface area contributed by atoms with Crippen LogP contribution >= 0.6 is 0 Å². The molecule has 120 valence electrons. The number of carbonyl (C=O) groups excluding carboxylic acids is 1. The molecule has 1 aliphatic rings. The van der Waals surface area contributed by atoms with Crippen LogP contribution in [-0.2, 0) is 14.2 Å². The van der Waals surface area contributed by atoms with Crippen LogP contribution < -0.4 is 0 Å². The predicted molar refractivity (Wildman–Crippen MR) is 81.4 cm³/mol. The lowest BCUT2D eigenvalue weighted by Crippen LogP contribution is -2.38. The van der Waals surface area contributed by atoms with Crippen molar-refractivity contribution < 1.29 is 24.1 Å². The highest BCUT2D eigenvalue weighted by atomic mass is 16.8. The maximum atomic E-state index is 11.9. The summed E-state index contributed by atoms with van der Waals surface area (Å²) in [6.07, 6.45) is 0.442. The molecule has 3 atom stereocenters. The summed E-state index contributed by atoms with van der Waals surface area (Å²) < 4.78 is 16.6. The topological polar surface area (TPSA) is 65.0 Å². The second-order valence-corrected chi connectivity index (χ2v) is 5.69. The van der Waals surface area contributed by atoms with Crippen molar-refractivity contribution in [1.82, 2.24) is 0 Å². The van der Waals surface area contributed by atoms with Crippen molar-refractivity contribution in [3.8, 4) is 0 Å². The second-order valence-electron chi connectivity index (χ2n) is 5.69. The molecule has 1 fully saturated rings. The average molecular weight is 306 g/mol. The molecule has 0 bridgehead atoms. The lowest BCUT2D eigenvalue weighted by atomic mass is 10.1. The monoisotopic (exact) mass is 306 g/mol. The van der Waals surface area contributed by atoms with E-state index in [9.17, 15) is 9.90 Å². The number of esters is 1. The minimum atomic E-state index is -0.959. The van der Waals surface area contributed by atoms with Gasteiger partial charge in [-0.25, -0.2) is 4.79 Å². The number of aliphatic hydroxyl groups excluding tert-OH is 1. The van der Waals surface area contributed by atoms with E-state index in [1.807, 2.05) is 6.07 Å². The molecule has 1 saturated heterocycles. The van der Waals surface area contributed by atoms with E-state index in [4.69, 9.17) is 14.2 Å². The lowest BCUT2D eigenvalue weighted by Gasteiger charge is -2.21. The number of rotatable bonds is 6. The van der Waals surface area contributed by atoms with E-state index in [0.717, 1.165) is 0 Å². The van der Waals surface area contributed by atoms with Gasteiger partial charge in [-0.05, 0) is 32.4 Å². The van der Waals surface area contributed by atoms with E-state index >= 15 is 0 Å². The van der Waals surface area contributed by atoms with Gasteiger partial charge in [-0.3, -0.25) is 0 Å². The van der Waals surface area contributed by atoms with Crippen LogP contribution in [-0.4, -0.2) is 41.8 Å². The van der Waals surface area contributed by atoms with Gasteiger partial charge in [0, 0.05) is 0 Å². The minimum absolute atomic E-state index is 0.147. The lowest BCUT2D eigenvalue weighted by molar-refractivity contribution is -0.157. The molecule has 0 saturated carbocycles. The standard InChI is InChI=1S/C17H22O5/c1-4-8-14-15(22-17(2,3)21-14)13(18)11-20-16(19)12-9-6-5-7-10-12/h4-7,9-10,13-15,18H,1,8,11H2,2-3H3/t13-,14-,15-/m1/s1. The zero-order chi connectivity index (χ0) is 16.2. The van der Waals surface area contributed by atoms with Crippen LogP contribution in [0, 0.1) is 0 Å². The van der Waals surface area contributed by atoms with Gasteiger partial charge in [0.1, 0.15) is 18.8 Å². The fourth-order valence-electron chi connectivity index (χ4n) is 2.45. The zero-order valence-corrected chi connectivity index (χ0v) is 12.9. The molecule has 5 nitrogen and oxygen atoms in total. The number of ether oxygens (including phenoxy) is 3. The van der Waals surface area contributed by atoms with Gasteiger partial charge >= 0.3 is 5.97 Å². The van der Waals surface area contributed by atoms with Gasteiger partial charge < -0.3 is 19.3 Å². The summed E-state index contributed by atoms with van der Waals surface area (Å²) in [6.45, 7) is 7.10. The van der Waals surface area contributed by atoms with E-state index in [1.165, 1.54) is 0 Å². The molecule has 0 unspecified atom stereocenters. The van der Waals surface area contributed by atoms with Crippen LogP contribution in [0.25, 0.3) is 0 Å². The summed E-state index contributed by atoms with van der Waals surface area (Å²) in [7, 11) is 0. The van der Waals surface area contributed by atoms with Crippen molar-refractivity contribution in [2.75, 3.05) is 6.61 Å². The minimum Gasteiger partial charge on any atom is -0.459 e. The van der Waals surface area contributed by atoms with Crippen molar-refractivity contribution in [1.29, 1.82) is 0 Å². The van der Waals surface area contributed by atoms with Gasteiger partial charge in [-0.15, -0.1) is 6.58 Å². The molecule has 1 N–H and O–H groups in total. The fraction of sp³-hybridized carbons (Fsp3) is 0.471. The third kappa shape index (κ3) is 4.16. The Morgan fingerprint density at radius 2 is 2.09 bits per heavy atom. The summed E-state index contributed by atoms with van der Waals surface area (Å²) in [6, 6.07) is 8.64. The Morgan fingerprint density at radius 1 is 1.41 bits per heavy atom. The number of benzene rings is 1. The molecule has 1 aromatic rings. The van der Waals surface area contributed by atoms with E-state index in [-0.39, 0.29) is 12.7 Å². The quantitative estimate of drug-likeness (QED) is 0.645. The first kappa shape index (κ1) is 16.7. The highest BCUT2D eigenvalue weighted by molar-refractivity contribution is 5.89. The number of hydrogen-bond acceptors (Lipinski definition) is 5. The van der Waals surface area contributed by atoms with Gasteiger partial charge in [0.2, 0.25) is 0 Å². The van der Waals surface area contributed by atoms with Crippen molar-refractivity contribution in [2.24, 2.45) is 0 Å². The Labute approximate surface area is 130 Å². The van der Waals surface area contributed by atoms with Crippen LogP contribution in [0.4, 0.5) is 0 Å². The highest BCUT2D eigenvalue weighted by Crippen LogP contribution is 2.32. The molecule has 0 aromatic heterocycles. The molecular formula is C17H22O5. The van der Waals surface area contributed by atoms with Gasteiger partial charge in [0.25, 0.3) is 0 Å². The Morgan fingerprint density at radius 3 is 2.73 bits per heavy atom. The molecule has 1 aliphatic heterocycles. The first-order chi connectivity index (χ1) is 10.4. The van der Waals surface area contributed by atoms with Gasteiger partial charge in [-0.2, -0.15) is 0 Å². The molecule has 2 rings (SSSR count). The number of hydrogen-bond donors (Lipinski definition) is 1. The summed E-state index contributed by atoms with van der Waals surface area (Å²) in [5, 5.41) is 10.3. The molecular weight excluding hydrogens is 284 g/mol. The third-order valence-corrected chi connectivity index (χ3v) is 3.39. The Kier molecular flexibility index (Phi) is 5.34. The fourth-order valence-corrected chi connectivity index (χ4v) is 2.45. The maximum Gasteiger partial charge on any atom is 0.338 e. The summed E-state index contributed by atoms with van der Waals surface area (Å²) >= 11 is 0. The normalized spacial score (nSPS) is 24.7. The van der Waals surface area contributed by atoms with Gasteiger partial charge in [0.15, 0.2) is 5.79 Å². The van der Waals surface area contributed by atoms with Crippen molar-refractivity contribution in [3.63, 3.8) is 0 Å². The molecule has 1 heterocycles. The predicted octanol–water partition coefficient (Wildman–Crippen LogP) is 2.30. The molecule has 22 heavy (non-hydrogen) atoms. The Bertz CT molecular complexity index is 511. The zero-order valence-electron chi connectivity index (χ0n) is 12.9. The summed E-state index contributed by atoms with van der Waals surface area (Å²) in [4.78, 5) is 11.9. The molecule has 1 aromatic carbocycles. The largest absolute Gasteiger partial charge is 0.459 e. The third-order valence-electron chi connectivity index (χ3n) is 3.39. The van der Waals surface area contributed by atoms with Gasteiger partial charge in [-0.1, -0.05) is 24.3 Å². The SMILES string of the molecule is C=CC[C@H]1OC(C)(C)O[C@@H]1[C@H](O)COC(=O)c1ccccc1. The van der Waals surface area contributed by atoms with Crippen molar-refractivity contribution in [3.05, 3.63) is 48.6 Å². The number of aliphatic hydroxyl groups is 1. The van der Waals surface area contributed by atoms with E-state index in [0.29, 0.717) is 12.0 Å². The van der Waals surface area contributed by atoms with Crippen molar-refractivity contribution in [2.45, 2.75) is 44.4 Å². The van der Waals surface area contributed by atoms with Gasteiger partial charge in [0.05, 0.1) is 11.7 Å².